The first kappa shape index (κ1) is 14.4. The average molecular weight is 325 g/mol. The molecule has 0 saturated heterocycles. The van der Waals surface area contributed by atoms with Crippen molar-refractivity contribution in [3.05, 3.63) is 52.9 Å². The van der Waals surface area contributed by atoms with E-state index in [2.05, 4.69) is 46.7 Å². The highest BCUT2D eigenvalue weighted by Crippen LogP contribution is 2.37. The number of hydrogen-bond acceptors (Lipinski definition) is 4. The Kier molecular flexibility index (Phi) is 3.62. The molecular formula is C19H19NO2S. The molecule has 3 aromatic rings. The molecule has 0 aliphatic carbocycles. The Morgan fingerprint density at radius 3 is 2.57 bits per heavy atom. The summed E-state index contributed by atoms with van der Waals surface area (Å²) in [5, 5.41) is 3.52. The molecule has 4 heteroatoms. The molecule has 0 amide bonds. The van der Waals surface area contributed by atoms with Gasteiger partial charge in [0.1, 0.15) is 0 Å². The lowest BCUT2D eigenvalue weighted by Gasteiger charge is -2.32. The molecule has 23 heavy (non-hydrogen) atoms. The minimum atomic E-state index is 0.807. The molecule has 1 aliphatic rings. The number of nitrogens with zero attached hydrogens (tertiary/aromatic N) is 1. The van der Waals surface area contributed by atoms with Crippen LogP contribution in [0.4, 0.5) is 5.69 Å². The number of fused-ring (bicyclic) bond motifs is 2. The number of methoxy groups -OCH3 is 2. The zero-order chi connectivity index (χ0) is 15.8. The van der Waals surface area contributed by atoms with Crippen molar-refractivity contribution in [3.8, 4) is 11.5 Å². The first-order valence-electron chi connectivity index (χ1n) is 7.75. The minimum Gasteiger partial charge on any atom is -0.493 e. The van der Waals surface area contributed by atoms with Crippen molar-refractivity contribution in [1.82, 2.24) is 0 Å². The van der Waals surface area contributed by atoms with Crippen LogP contribution < -0.4 is 14.4 Å². The van der Waals surface area contributed by atoms with Gasteiger partial charge in [0.15, 0.2) is 11.5 Å². The Labute approximate surface area is 140 Å². The third-order valence-corrected chi connectivity index (χ3v) is 5.41. The van der Waals surface area contributed by atoms with Gasteiger partial charge in [0.25, 0.3) is 0 Å². The number of hydrogen-bond donors (Lipinski definition) is 0. The standard InChI is InChI=1S/C19H19NO2S/c1-21-17-10-13-6-8-20(12-14(13)11-18(17)22-2)16-4-3-5-19-15(16)7-9-23-19/h3-5,7,9-11H,6,8,12H2,1-2H3. The van der Waals surface area contributed by atoms with Gasteiger partial charge in [-0.3, -0.25) is 0 Å². The summed E-state index contributed by atoms with van der Waals surface area (Å²) in [6, 6.07) is 13.0. The van der Waals surface area contributed by atoms with Crippen LogP contribution in [0.25, 0.3) is 10.1 Å². The van der Waals surface area contributed by atoms with E-state index in [-0.39, 0.29) is 0 Å². The summed E-state index contributed by atoms with van der Waals surface area (Å²) >= 11 is 1.80. The summed E-state index contributed by atoms with van der Waals surface area (Å²) in [5.74, 6) is 1.63. The van der Waals surface area contributed by atoms with Gasteiger partial charge in [-0.15, -0.1) is 11.3 Å². The lowest BCUT2D eigenvalue weighted by atomic mass is 9.98. The summed E-state index contributed by atoms with van der Waals surface area (Å²) < 4.78 is 12.2. The van der Waals surface area contributed by atoms with Gasteiger partial charge >= 0.3 is 0 Å². The van der Waals surface area contributed by atoms with Gasteiger partial charge in [-0.25, -0.2) is 0 Å². The molecule has 0 N–H and O–H groups in total. The fraction of sp³-hybridized carbons (Fsp3) is 0.263. The third kappa shape index (κ3) is 2.43. The Bertz CT molecular complexity index is 856. The van der Waals surface area contributed by atoms with Gasteiger partial charge in [0.2, 0.25) is 0 Å². The molecule has 4 rings (SSSR count). The Hall–Kier alpha value is -2.20. The van der Waals surface area contributed by atoms with Gasteiger partial charge in [0.05, 0.1) is 14.2 Å². The molecule has 0 atom stereocenters. The topological polar surface area (TPSA) is 21.7 Å². The minimum absolute atomic E-state index is 0.807. The molecule has 3 nitrogen and oxygen atoms in total. The summed E-state index contributed by atoms with van der Waals surface area (Å²) in [6.07, 6.45) is 1.02. The second kappa shape index (κ2) is 5.78. The van der Waals surface area contributed by atoms with Crippen LogP contribution in [0.2, 0.25) is 0 Å². The van der Waals surface area contributed by atoms with E-state index in [0.717, 1.165) is 31.0 Å². The highest BCUT2D eigenvalue weighted by Gasteiger charge is 2.21. The van der Waals surface area contributed by atoms with E-state index in [4.69, 9.17) is 9.47 Å². The van der Waals surface area contributed by atoms with E-state index in [1.807, 2.05) is 0 Å². The quantitative estimate of drug-likeness (QED) is 0.708. The molecule has 0 unspecified atom stereocenters. The van der Waals surface area contributed by atoms with Gasteiger partial charge in [-0.1, -0.05) is 6.07 Å². The fourth-order valence-electron chi connectivity index (χ4n) is 3.34. The molecule has 2 heterocycles. The maximum atomic E-state index is 5.46. The SMILES string of the molecule is COc1cc2c(cc1OC)CN(c1cccc3sccc13)CC2. The van der Waals surface area contributed by atoms with E-state index in [1.54, 1.807) is 25.6 Å². The molecule has 0 bridgehead atoms. The normalized spacial score (nSPS) is 13.9. The van der Waals surface area contributed by atoms with Crippen molar-refractivity contribution in [1.29, 1.82) is 0 Å². The van der Waals surface area contributed by atoms with E-state index in [0.29, 0.717) is 0 Å². The van der Waals surface area contributed by atoms with Crippen molar-refractivity contribution in [3.63, 3.8) is 0 Å². The molecule has 0 radical (unpaired) electrons. The second-order valence-corrected chi connectivity index (χ2v) is 6.70. The summed E-state index contributed by atoms with van der Waals surface area (Å²) in [5.41, 5.74) is 4.00. The van der Waals surface area contributed by atoms with Crippen LogP contribution in [-0.2, 0) is 13.0 Å². The zero-order valence-corrected chi connectivity index (χ0v) is 14.2. The molecule has 0 fully saturated rings. The second-order valence-electron chi connectivity index (χ2n) is 5.76. The Balaban J connectivity index is 1.72. The maximum absolute atomic E-state index is 5.46. The number of thiophene rings is 1. The molecule has 0 spiro atoms. The third-order valence-electron chi connectivity index (χ3n) is 4.53. The van der Waals surface area contributed by atoms with Crippen molar-refractivity contribution >= 4 is 27.1 Å². The van der Waals surface area contributed by atoms with Crippen molar-refractivity contribution < 1.29 is 9.47 Å². The molecular weight excluding hydrogens is 306 g/mol. The molecule has 1 aliphatic heterocycles. The van der Waals surface area contributed by atoms with Gasteiger partial charge < -0.3 is 14.4 Å². The van der Waals surface area contributed by atoms with E-state index >= 15 is 0 Å². The number of benzene rings is 2. The maximum Gasteiger partial charge on any atom is 0.161 e. The zero-order valence-electron chi connectivity index (χ0n) is 13.3. The van der Waals surface area contributed by atoms with Crippen LogP contribution >= 0.6 is 11.3 Å². The molecule has 2 aromatic carbocycles. The van der Waals surface area contributed by atoms with Crippen LogP contribution in [0.1, 0.15) is 11.1 Å². The highest BCUT2D eigenvalue weighted by atomic mass is 32.1. The smallest absolute Gasteiger partial charge is 0.161 e. The summed E-state index contributed by atoms with van der Waals surface area (Å²) in [7, 11) is 3.38. The first-order valence-corrected chi connectivity index (χ1v) is 8.63. The number of anilines is 1. The van der Waals surface area contributed by atoms with Gasteiger partial charge in [-0.2, -0.15) is 0 Å². The molecule has 0 saturated carbocycles. The van der Waals surface area contributed by atoms with Crippen molar-refractivity contribution in [2.24, 2.45) is 0 Å². The van der Waals surface area contributed by atoms with E-state index < -0.39 is 0 Å². The Morgan fingerprint density at radius 2 is 1.78 bits per heavy atom. The van der Waals surface area contributed by atoms with Crippen LogP contribution in [0.3, 0.4) is 0 Å². The van der Waals surface area contributed by atoms with Crippen LogP contribution in [0.5, 0.6) is 11.5 Å². The summed E-state index contributed by atoms with van der Waals surface area (Å²) in [4.78, 5) is 2.46. The molecule has 1 aromatic heterocycles. The van der Waals surface area contributed by atoms with Gasteiger partial charge in [0, 0.05) is 28.9 Å². The van der Waals surface area contributed by atoms with Crippen LogP contribution in [-0.4, -0.2) is 20.8 Å². The van der Waals surface area contributed by atoms with Crippen LogP contribution in [0.15, 0.2) is 41.8 Å². The largest absolute Gasteiger partial charge is 0.493 e. The van der Waals surface area contributed by atoms with E-state index in [9.17, 15) is 0 Å². The monoisotopic (exact) mass is 325 g/mol. The van der Waals surface area contributed by atoms with E-state index in [1.165, 1.54) is 26.9 Å². The average Bonchev–Trinajstić information content (AvgIpc) is 3.08. The number of ether oxygens (including phenoxy) is 2. The molecule has 118 valence electrons. The lowest BCUT2D eigenvalue weighted by Crippen LogP contribution is -2.30. The number of rotatable bonds is 3. The fourth-order valence-corrected chi connectivity index (χ4v) is 4.15. The van der Waals surface area contributed by atoms with Crippen molar-refractivity contribution in [2.75, 3.05) is 25.7 Å². The van der Waals surface area contributed by atoms with Gasteiger partial charge in [-0.05, 0) is 53.3 Å². The summed E-state index contributed by atoms with van der Waals surface area (Å²) in [6.45, 7) is 1.93. The Morgan fingerprint density at radius 1 is 1.00 bits per heavy atom. The van der Waals surface area contributed by atoms with Crippen molar-refractivity contribution in [2.45, 2.75) is 13.0 Å². The lowest BCUT2D eigenvalue weighted by molar-refractivity contribution is 0.353. The predicted octanol–water partition coefficient (Wildman–Crippen LogP) is 4.48. The first-order chi connectivity index (χ1) is 11.3. The highest BCUT2D eigenvalue weighted by molar-refractivity contribution is 7.17. The van der Waals surface area contributed by atoms with Crippen LogP contribution in [0, 0.1) is 0 Å². The predicted molar refractivity (Wildman–Crippen MR) is 96.1 cm³/mol.